The van der Waals surface area contributed by atoms with Gasteiger partial charge < -0.3 is 44.3 Å². The zero-order chi connectivity index (χ0) is 26.8. The number of hydrogen-bond donors (Lipinski definition) is 3. The van der Waals surface area contributed by atoms with Crippen molar-refractivity contribution < 1.29 is 43.5 Å². The smallest absolute Gasteiger partial charge is 0.248 e. The Morgan fingerprint density at radius 2 is 1.82 bits per heavy atom. The van der Waals surface area contributed by atoms with E-state index in [1.54, 1.807) is 4.90 Å². The highest BCUT2D eigenvalue weighted by atomic mass is 16.5. The quantitative estimate of drug-likeness (QED) is 0.346. The van der Waals surface area contributed by atoms with Crippen LogP contribution in [-0.4, -0.2) is 158 Å². The fraction of sp³-hybridized carbons (Fsp3) is 0.880. The molecule has 5 fully saturated rings. The number of morpholine rings is 1. The molecule has 5 heterocycles. The van der Waals surface area contributed by atoms with Gasteiger partial charge in [-0.3, -0.25) is 19.3 Å². The van der Waals surface area contributed by atoms with Gasteiger partial charge in [-0.1, -0.05) is 0 Å². The van der Waals surface area contributed by atoms with E-state index in [9.17, 15) is 24.6 Å². The largest absolute Gasteiger partial charge is 0.388 e. The summed E-state index contributed by atoms with van der Waals surface area (Å²) in [6, 6.07) is -0.400. The Hall–Kier alpha value is -1.87. The van der Waals surface area contributed by atoms with Crippen LogP contribution >= 0.6 is 0 Å². The van der Waals surface area contributed by atoms with E-state index in [1.807, 2.05) is 0 Å². The molecule has 0 aromatic heterocycles. The molecule has 13 nitrogen and oxygen atoms in total. The van der Waals surface area contributed by atoms with Crippen molar-refractivity contribution in [3.63, 3.8) is 0 Å². The van der Waals surface area contributed by atoms with E-state index in [0.29, 0.717) is 45.9 Å². The summed E-state index contributed by atoms with van der Waals surface area (Å²) in [7, 11) is 1.42. The maximum Gasteiger partial charge on any atom is 0.248 e. The molecule has 0 unspecified atom stereocenters. The first-order valence-electron chi connectivity index (χ1n) is 13.7. The molecule has 5 aliphatic rings. The van der Waals surface area contributed by atoms with Crippen LogP contribution in [0.4, 0.5) is 0 Å². The fourth-order valence-corrected chi connectivity index (χ4v) is 6.44. The minimum absolute atomic E-state index is 0.00484. The second-order valence-electron chi connectivity index (χ2n) is 11.0. The number of hydrogen-bond acceptors (Lipinski definition) is 10. The molecule has 6 bridgehead atoms. The lowest BCUT2D eigenvalue weighted by Gasteiger charge is -2.40. The predicted molar refractivity (Wildman–Crippen MR) is 131 cm³/mol. The van der Waals surface area contributed by atoms with E-state index in [1.165, 1.54) is 12.0 Å². The van der Waals surface area contributed by atoms with Gasteiger partial charge in [-0.2, -0.15) is 0 Å². The molecule has 0 aromatic rings. The van der Waals surface area contributed by atoms with Gasteiger partial charge in [0.25, 0.3) is 0 Å². The van der Waals surface area contributed by atoms with Crippen molar-refractivity contribution in [3.8, 4) is 0 Å². The molecule has 214 valence electrons. The average molecular weight is 541 g/mol. The van der Waals surface area contributed by atoms with Gasteiger partial charge in [0.2, 0.25) is 17.7 Å². The van der Waals surface area contributed by atoms with Gasteiger partial charge in [-0.25, -0.2) is 0 Å². The van der Waals surface area contributed by atoms with E-state index in [2.05, 4.69) is 10.2 Å². The molecule has 0 spiro atoms. The number of fused-ring (bicyclic) bond motifs is 6. The van der Waals surface area contributed by atoms with Crippen LogP contribution in [-0.2, 0) is 33.3 Å². The summed E-state index contributed by atoms with van der Waals surface area (Å²) >= 11 is 0. The molecule has 0 radical (unpaired) electrons. The summed E-state index contributed by atoms with van der Waals surface area (Å²) < 4.78 is 22.4. The highest BCUT2D eigenvalue weighted by Crippen LogP contribution is 2.29. The monoisotopic (exact) mass is 540 g/mol. The number of aliphatic hydroxyl groups is 2. The third-order valence-corrected chi connectivity index (χ3v) is 8.39. The lowest BCUT2D eigenvalue weighted by atomic mass is 10.0. The molecule has 5 aliphatic heterocycles. The molecular weight excluding hydrogens is 500 g/mol. The van der Waals surface area contributed by atoms with Crippen molar-refractivity contribution in [1.82, 2.24) is 20.0 Å². The standard InChI is InChI=1S/C25H40N4O9/c1-35-14-22(31)28-12-17-11-27(4-7-37-17)25(34)18-8-15(10-29(18)16-2-5-36-6-3-16)26-21(30)9-19-23(32)24(33)20(13-28)38-19/h15-20,23-24,32-33H,2-14H2,1H3,(H,26,30)/t15-,17-,18-,19-,20+,23-,24+/m0/s1. The molecule has 0 aromatic carbocycles. The number of ether oxygens (including phenoxy) is 4. The van der Waals surface area contributed by atoms with E-state index >= 15 is 0 Å². The van der Waals surface area contributed by atoms with Crippen molar-refractivity contribution in [2.75, 3.05) is 66.3 Å². The minimum Gasteiger partial charge on any atom is -0.388 e. The first-order valence-corrected chi connectivity index (χ1v) is 13.7. The maximum atomic E-state index is 13.9. The molecule has 13 heteroatoms. The third-order valence-electron chi connectivity index (χ3n) is 8.39. The number of nitrogens with zero attached hydrogens (tertiary/aromatic N) is 3. The minimum atomic E-state index is -1.26. The van der Waals surface area contributed by atoms with Gasteiger partial charge in [0.05, 0.1) is 31.3 Å². The molecule has 5 saturated heterocycles. The van der Waals surface area contributed by atoms with Crippen LogP contribution < -0.4 is 5.32 Å². The summed E-state index contributed by atoms with van der Waals surface area (Å²) in [5, 5.41) is 24.3. The fourth-order valence-electron chi connectivity index (χ4n) is 6.44. The number of amides is 3. The van der Waals surface area contributed by atoms with Crippen LogP contribution in [0.3, 0.4) is 0 Å². The van der Waals surface area contributed by atoms with Crippen molar-refractivity contribution in [1.29, 1.82) is 0 Å². The number of rotatable bonds is 3. The summed E-state index contributed by atoms with van der Waals surface area (Å²) in [5.41, 5.74) is 0. The summed E-state index contributed by atoms with van der Waals surface area (Å²) in [6.45, 7) is 2.96. The van der Waals surface area contributed by atoms with Crippen LogP contribution in [0.25, 0.3) is 0 Å². The Balaban J connectivity index is 1.40. The summed E-state index contributed by atoms with van der Waals surface area (Å²) in [6.07, 6.45) is -2.72. The molecule has 3 amide bonds. The Morgan fingerprint density at radius 3 is 2.58 bits per heavy atom. The zero-order valence-corrected chi connectivity index (χ0v) is 21.9. The lowest BCUT2D eigenvalue weighted by molar-refractivity contribution is -0.149. The van der Waals surface area contributed by atoms with Gasteiger partial charge in [0.15, 0.2) is 0 Å². The molecule has 0 aliphatic carbocycles. The zero-order valence-electron chi connectivity index (χ0n) is 21.9. The predicted octanol–water partition coefficient (Wildman–Crippen LogP) is -2.68. The van der Waals surface area contributed by atoms with Crippen molar-refractivity contribution in [3.05, 3.63) is 0 Å². The van der Waals surface area contributed by atoms with E-state index in [0.717, 1.165) is 12.8 Å². The van der Waals surface area contributed by atoms with E-state index in [4.69, 9.17) is 18.9 Å². The van der Waals surface area contributed by atoms with E-state index in [-0.39, 0.29) is 62.0 Å². The molecule has 7 atom stereocenters. The number of likely N-dealkylation sites (tertiary alicyclic amines) is 1. The third kappa shape index (κ3) is 5.98. The van der Waals surface area contributed by atoms with Crippen LogP contribution in [0.5, 0.6) is 0 Å². The Kier molecular flexibility index (Phi) is 8.82. The number of aliphatic hydroxyl groups excluding tert-OH is 2. The Bertz CT molecular complexity index is 872. The normalized spacial score (nSPS) is 37.9. The Labute approximate surface area is 222 Å². The lowest BCUT2D eigenvalue weighted by Crippen LogP contribution is -2.56. The van der Waals surface area contributed by atoms with Crippen molar-refractivity contribution in [2.45, 2.75) is 74.3 Å². The number of carbonyl (C=O) groups is 3. The first-order chi connectivity index (χ1) is 18.3. The first kappa shape index (κ1) is 27.7. The number of methoxy groups -OCH3 is 1. The van der Waals surface area contributed by atoms with Crippen molar-refractivity contribution in [2.24, 2.45) is 0 Å². The van der Waals surface area contributed by atoms with Crippen LogP contribution in [0.1, 0.15) is 25.7 Å². The number of carbonyl (C=O) groups excluding carboxylic acids is 3. The highest BCUT2D eigenvalue weighted by Gasteiger charge is 2.47. The molecular formula is C25H40N4O9. The van der Waals surface area contributed by atoms with E-state index < -0.39 is 30.5 Å². The van der Waals surface area contributed by atoms with Crippen LogP contribution in [0, 0.1) is 0 Å². The van der Waals surface area contributed by atoms with Gasteiger partial charge in [-0.15, -0.1) is 0 Å². The molecule has 3 N–H and O–H groups in total. The highest BCUT2D eigenvalue weighted by molar-refractivity contribution is 5.83. The molecule has 0 saturated carbocycles. The SMILES string of the molecule is COCC(=O)N1C[C@@H]2CN(CCO2)C(=O)[C@@H]2C[C@@H](CN2C2CCOCC2)NC(=O)C[C@@H]2O[C@H](C1)[C@@H](O)[C@H]2O. The molecule has 5 rings (SSSR count). The molecule has 38 heavy (non-hydrogen) atoms. The van der Waals surface area contributed by atoms with Crippen molar-refractivity contribution >= 4 is 17.7 Å². The van der Waals surface area contributed by atoms with Crippen LogP contribution in [0.15, 0.2) is 0 Å². The second-order valence-corrected chi connectivity index (χ2v) is 11.0. The maximum absolute atomic E-state index is 13.9. The van der Waals surface area contributed by atoms with Gasteiger partial charge >= 0.3 is 0 Å². The van der Waals surface area contributed by atoms with Gasteiger partial charge in [0.1, 0.15) is 24.9 Å². The summed E-state index contributed by atoms with van der Waals surface area (Å²) in [4.78, 5) is 45.2. The topological polar surface area (TPSA) is 150 Å². The van der Waals surface area contributed by atoms with Gasteiger partial charge in [-0.05, 0) is 19.3 Å². The second kappa shape index (κ2) is 12.1. The average Bonchev–Trinajstić information content (AvgIpc) is 3.44. The van der Waals surface area contributed by atoms with Crippen LogP contribution in [0.2, 0.25) is 0 Å². The summed E-state index contributed by atoms with van der Waals surface area (Å²) in [5.74, 6) is -0.619. The van der Waals surface area contributed by atoms with Gasteiger partial charge in [0, 0.05) is 65.1 Å². The number of nitrogens with one attached hydrogen (secondary N) is 1. The Morgan fingerprint density at radius 1 is 1.05 bits per heavy atom.